The summed E-state index contributed by atoms with van der Waals surface area (Å²) in [6, 6.07) is 5.55. The molecule has 100 valence electrons. The number of nitrogens with one attached hydrogen (secondary N) is 1. The van der Waals surface area contributed by atoms with Crippen LogP contribution in [0.2, 0.25) is 0 Å². The maximum Gasteiger partial charge on any atom is 0.322 e. The molecule has 0 saturated heterocycles. The van der Waals surface area contributed by atoms with Crippen molar-refractivity contribution in [3.8, 4) is 5.75 Å². The third-order valence-electron chi connectivity index (χ3n) is 2.66. The van der Waals surface area contributed by atoms with Crippen molar-refractivity contribution in [1.82, 2.24) is 5.32 Å². The third kappa shape index (κ3) is 3.99. The van der Waals surface area contributed by atoms with Crippen LogP contribution in [0.25, 0.3) is 0 Å². The van der Waals surface area contributed by atoms with Crippen LogP contribution < -0.4 is 10.1 Å². The molecule has 0 aromatic heterocycles. The minimum atomic E-state index is -0.268. The Labute approximate surface area is 116 Å². The molecule has 1 atom stereocenters. The molecule has 0 aliphatic heterocycles. The van der Waals surface area contributed by atoms with Gasteiger partial charge in [-0.1, -0.05) is 13.0 Å². The van der Waals surface area contributed by atoms with Crippen LogP contribution in [0.15, 0.2) is 22.7 Å². The fraction of sp³-hybridized carbons (Fsp3) is 0.462. The van der Waals surface area contributed by atoms with E-state index in [2.05, 4.69) is 21.2 Å². The first kappa shape index (κ1) is 15.0. The topological polar surface area (TPSA) is 47.6 Å². The predicted molar refractivity (Wildman–Crippen MR) is 73.6 cm³/mol. The monoisotopic (exact) mass is 315 g/mol. The Morgan fingerprint density at radius 3 is 2.67 bits per heavy atom. The normalized spacial score (nSPS) is 12.0. The molecule has 1 aromatic carbocycles. The van der Waals surface area contributed by atoms with Gasteiger partial charge in [0, 0.05) is 6.54 Å². The van der Waals surface area contributed by atoms with Gasteiger partial charge in [0.15, 0.2) is 0 Å². The van der Waals surface area contributed by atoms with Gasteiger partial charge in [0.25, 0.3) is 0 Å². The molecule has 0 amide bonds. The second-order valence-corrected chi connectivity index (χ2v) is 4.69. The molecule has 0 radical (unpaired) electrons. The summed E-state index contributed by atoms with van der Waals surface area (Å²) in [7, 11) is 3.03. The zero-order valence-electron chi connectivity index (χ0n) is 10.8. The van der Waals surface area contributed by atoms with E-state index >= 15 is 0 Å². The van der Waals surface area contributed by atoms with E-state index in [4.69, 9.17) is 9.47 Å². The van der Waals surface area contributed by atoms with Gasteiger partial charge in [-0.2, -0.15) is 0 Å². The van der Waals surface area contributed by atoms with Crippen LogP contribution in [-0.2, 0) is 16.1 Å². The molecule has 0 spiro atoms. The first-order chi connectivity index (χ1) is 8.62. The smallest absolute Gasteiger partial charge is 0.322 e. The zero-order valence-corrected chi connectivity index (χ0v) is 12.4. The Kier molecular flexibility index (Phi) is 6.15. The molecule has 1 rings (SSSR count). The molecule has 0 bridgehead atoms. The van der Waals surface area contributed by atoms with Crippen molar-refractivity contribution >= 4 is 21.9 Å². The summed E-state index contributed by atoms with van der Waals surface area (Å²) in [5.74, 6) is 0.559. The highest BCUT2D eigenvalue weighted by atomic mass is 79.9. The van der Waals surface area contributed by atoms with E-state index in [0.717, 1.165) is 15.8 Å². The number of hydrogen-bond donors (Lipinski definition) is 1. The standard InChI is InChI=1S/C13H18BrNO3/c1-4-11(13(16)18-3)15-8-9-5-6-12(17-2)10(14)7-9/h5-7,11,15H,4,8H2,1-3H3. The van der Waals surface area contributed by atoms with Crippen LogP contribution in [0.4, 0.5) is 0 Å². The lowest BCUT2D eigenvalue weighted by molar-refractivity contribution is -0.143. The van der Waals surface area contributed by atoms with Crippen molar-refractivity contribution in [3.05, 3.63) is 28.2 Å². The molecule has 0 aliphatic rings. The van der Waals surface area contributed by atoms with Gasteiger partial charge in [-0.05, 0) is 40.0 Å². The maximum atomic E-state index is 11.4. The van der Waals surface area contributed by atoms with Gasteiger partial charge in [-0.15, -0.1) is 0 Å². The first-order valence-corrected chi connectivity index (χ1v) is 6.55. The van der Waals surface area contributed by atoms with Gasteiger partial charge in [0.2, 0.25) is 0 Å². The lowest BCUT2D eigenvalue weighted by Crippen LogP contribution is -2.36. The number of hydrogen-bond acceptors (Lipinski definition) is 4. The van der Waals surface area contributed by atoms with Crippen LogP contribution in [-0.4, -0.2) is 26.2 Å². The second kappa shape index (κ2) is 7.38. The average molecular weight is 316 g/mol. The summed E-state index contributed by atoms with van der Waals surface area (Å²) in [6.07, 6.45) is 0.698. The molecule has 1 unspecified atom stereocenters. The molecule has 0 saturated carbocycles. The predicted octanol–water partition coefficient (Wildman–Crippen LogP) is 2.50. The van der Waals surface area contributed by atoms with Crippen LogP contribution in [0.3, 0.4) is 0 Å². The Balaban J connectivity index is 2.62. The fourth-order valence-corrected chi connectivity index (χ4v) is 2.19. The van der Waals surface area contributed by atoms with Crippen LogP contribution >= 0.6 is 15.9 Å². The average Bonchev–Trinajstić information content (AvgIpc) is 2.39. The number of carbonyl (C=O) groups excluding carboxylic acids is 1. The van der Waals surface area contributed by atoms with Crippen molar-refractivity contribution < 1.29 is 14.3 Å². The highest BCUT2D eigenvalue weighted by Crippen LogP contribution is 2.25. The Morgan fingerprint density at radius 2 is 2.17 bits per heavy atom. The summed E-state index contributed by atoms with van der Waals surface area (Å²) in [5.41, 5.74) is 1.07. The molecule has 0 aliphatic carbocycles. The Bertz CT molecular complexity index is 409. The van der Waals surface area contributed by atoms with Crippen molar-refractivity contribution in [3.63, 3.8) is 0 Å². The minimum Gasteiger partial charge on any atom is -0.496 e. The lowest BCUT2D eigenvalue weighted by Gasteiger charge is -2.14. The Hall–Kier alpha value is -1.07. The number of benzene rings is 1. The maximum absolute atomic E-state index is 11.4. The molecule has 18 heavy (non-hydrogen) atoms. The van der Waals surface area contributed by atoms with E-state index < -0.39 is 0 Å². The first-order valence-electron chi connectivity index (χ1n) is 5.76. The van der Waals surface area contributed by atoms with Gasteiger partial charge >= 0.3 is 5.97 Å². The largest absolute Gasteiger partial charge is 0.496 e. The van der Waals surface area contributed by atoms with Gasteiger partial charge in [-0.25, -0.2) is 0 Å². The SMILES string of the molecule is CCC(NCc1ccc(OC)c(Br)c1)C(=O)OC. The molecular formula is C13H18BrNO3. The molecule has 4 nitrogen and oxygen atoms in total. The van der Waals surface area contributed by atoms with Gasteiger partial charge in [-0.3, -0.25) is 4.79 Å². The van der Waals surface area contributed by atoms with E-state index in [1.165, 1.54) is 7.11 Å². The number of ether oxygens (including phenoxy) is 2. The molecule has 1 N–H and O–H groups in total. The zero-order chi connectivity index (χ0) is 13.5. The van der Waals surface area contributed by atoms with Crippen molar-refractivity contribution in [1.29, 1.82) is 0 Å². The van der Waals surface area contributed by atoms with E-state index in [1.807, 2.05) is 25.1 Å². The molecule has 1 aromatic rings. The Morgan fingerprint density at radius 1 is 1.44 bits per heavy atom. The van der Waals surface area contributed by atoms with Crippen molar-refractivity contribution in [2.24, 2.45) is 0 Å². The van der Waals surface area contributed by atoms with Crippen LogP contribution in [0.1, 0.15) is 18.9 Å². The number of rotatable bonds is 6. The molecule has 5 heteroatoms. The highest BCUT2D eigenvalue weighted by Gasteiger charge is 2.15. The summed E-state index contributed by atoms with van der Waals surface area (Å²) in [5, 5.41) is 3.16. The fourth-order valence-electron chi connectivity index (χ4n) is 1.60. The van der Waals surface area contributed by atoms with Gasteiger partial charge in [0.1, 0.15) is 11.8 Å². The lowest BCUT2D eigenvalue weighted by atomic mass is 10.2. The van der Waals surface area contributed by atoms with E-state index in [1.54, 1.807) is 7.11 Å². The van der Waals surface area contributed by atoms with E-state index in [9.17, 15) is 4.79 Å². The van der Waals surface area contributed by atoms with Crippen LogP contribution in [0.5, 0.6) is 5.75 Å². The summed E-state index contributed by atoms with van der Waals surface area (Å²) < 4.78 is 10.8. The van der Waals surface area contributed by atoms with Gasteiger partial charge < -0.3 is 14.8 Å². The number of halogens is 1. The van der Waals surface area contributed by atoms with Crippen molar-refractivity contribution in [2.45, 2.75) is 25.9 Å². The molecule has 0 fully saturated rings. The summed E-state index contributed by atoms with van der Waals surface area (Å²) in [6.45, 7) is 2.55. The quantitative estimate of drug-likeness (QED) is 0.819. The van der Waals surface area contributed by atoms with E-state index in [0.29, 0.717) is 13.0 Å². The number of esters is 1. The minimum absolute atomic E-state index is 0.231. The molecule has 0 heterocycles. The van der Waals surface area contributed by atoms with E-state index in [-0.39, 0.29) is 12.0 Å². The molecular weight excluding hydrogens is 298 g/mol. The number of methoxy groups -OCH3 is 2. The van der Waals surface area contributed by atoms with Gasteiger partial charge in [0.05, 0.1) is 18.7 Å². The summed E-state index contributed by atoms with van der Waals surface area (Å²) in [4.78, 5) is 11.4. The van der Waals surface area contributed by atoms with Crippen LogP contribution in [0, 0.1) is 0 Å². The second-order valence-electron chi connectivity index (χ2n) is 3.83. The number of carbonyl (C=O) groups is 1. The summed E-state index contributed by atoms with van der Waals surface area (Å²) >= 11 is 3.43. The van der Waals surface area contributed by atoms with Crippen molar-refractivity contribution in [2.75, 3.05) is 14.2 Å². The third-order valence-corrected chi connectivity index (χ3v) is 3.28. The highest BCUT2D eigenvalue weighted by molar-refractivity contribution is 9.10.